The van der Waals surface area contributed by atoms with E-state index in [1.54, 1.807) is 0 Å². The second-order valence-electron chi connectivity index (χ2n) is 6.00. The van der Waals surface area contributed by atoms with E-state index in [9.17, 15) is 0 Å². The number of hydrogen-bond donors (Lipinski definition) is 2. The van der Waals surface area contributed by atoms with Gasteiger partial charge in [-0.05, 0) is 56.8 Å². The van der Waals surface area contributed by atoms with Gasteiger partial charge in [0.25, 0.3) is 0 Å². The average Bonchev–Trinajstić information content (AvgIpc) is 2.49. The zero-order chi connectivity index (χ0) is 13.9. The Hall–Kier alpha value is -1.26. The largest absolute Gasteiger partial charge is 0.398 e. The van der Waals surface area contributed by atoms with Crippen molar-refractivity contribution in [3.8, 4) is 0 Å². The minimum Gasteiger partial charge on any atom is -0.398 e. The third-order valence-electron chi connectivity index (χ3n) is 4.82. The van der Waals surface area contributed by atoms with Gasteiger partial charge in [-0.2, -0.15) is 0 Å². The van der Waals surface area contributed by atoms with E-state index >= 15 is 0 Å². The zero-order valence-corrected chi connectivity index (χ0v) is 12.1. The van der Waals surface area contributed by atoms with Gasteiger partial charge in [0.15, 0.2) is 0 Å². The van der Waals surface area contributed by atoms with Crippen LogP contribution in [0.25, 0.3) is 0 Å². The van der Waals surface area contributed by atoms with E-state index in [0.29, 0.717) is 5.92 Å². The van der Waals surface area contributed by atoms with Crippen LogP contribution in [0.2, 0.25) is 0 Å². The minimum atomic E-state index is 0.521. The van der Waals surface area contributed by atoms with Gasteiger partial charge in [-0.3, -0.25) is 0 Å². The van der Waals surface area contributed by atoms with Gasteiger partial charge in [-0.15, -0.1) is 0 Å². The van der Waals surface area contributed by atoms with Crippen molar-refractivity contribution in [1.29, 1.82) is 0 Å². The van der Waals surface area contributed by atoms with Crippen molar-refractivity contribution < 1.29 is 4.74 Å². The summed E-state index contributed by atoms with van der Waals surface area (Å²) < 4.78 is 5.45. The molecule has 2 aliphatic rings. The number of rotatable bonds is 2. The van der Waals surface area contributed by atoms with E-state index in [2.05, 4.69) is 4.90 Å². The summed E-state index contributed by atoms with van der Waals surface area (Å²) in [7, 11) is 0. The summed E-state index contributed by atoms with van der Waals surface area (Å²) >= 11 is 0. The number of likely N-dealkylation sites (tertiary alicyclic amines) is 1. The van der Waals surface area contributed by atoms with Crippen molar-refractivity contribution >= 4 is 11.4 Å². The lowest BCUT2D eigenvalue weighted by atomic mass is 9.86. The lowest BCUT2D eigenvalue weighted by Crippen LogP contribution is -2.43. The second-order valence-corrected chi connectivity index (χ2v) is 6.00. The first-order chi connectivity index (χ1) is 9.75. The summed E-state index contributed by atoms with van der Waals surface area (Å²) in [5, 5.41) is 0. The molecule has 0 spiro atoms. The van der Waals surface area contributed by atoms with E-state index in [0.717, 1.165) is 56.6 Å². The smallest absolute Gasteiger partial charge is 0.0480 e. The predicted molar refractivity (Wildman–Crippen MR) is 82.7 cm³/mol. The Bertz CT molecular complexity index is 429. The number of hydrogen-bond acceptors (Lipinski definition) is 4. The molecule has 4 N–H and O–H groups in total. The summed E-state index contributed by atoms with van der Waals surface area (Å²) in [6, 6.07) is 6.59. The van der Waals surface area contributed by atoms with Crippen LogP contribution in [0.1, 0.15) is 37.2 Å². The van der Waals surface area contributed by atoms with Gasteiger partial charge in [0.05, 0.1) is 0 Å². The normalized spacial score (nSPS) is 23.0. The molecule has 110 valence electrons. The molecule has 0 radical (unpaired) electrons. The molecule has 0 amide bonds. The Balaban J connectivity index is 1.63. The first-order valence-electron chi connectivity index (χ1n) is 7.71. The standard InChI is InChI=1S/C16H25N3O/c17-14-2-1-3-15(18)16(14)12-4-8-19(9-5-12)13-6-10-20-11-7-13/h1-3,12-13H,4-11,17-18H2. The molecule has 1 aromatic carbocycles. The molecule has 3 rings (SSSR count). The molecule has 4 heteroatoms. The topological polar surface area (TPSA) is 64.5 Å². The Kier molecular flexibility index (Phi) is 4.13. The van der Waals surface area contributed by atoms with E-state index < -0.39 is 0 Å². The Morgan fingerprint density at radius 1 is 0.950 bits per heavy atom. The highest BCUT2D eigenvalue weighted by atomic mass is 16.5. The minimum absolute atomic E-state index is 0.521. The Morgan fingerprint density at radius 3 is 2.15 bits per heavy atom. The van der Waals surface area contributed by atoms with Gasteiger partial charge in [0.2, 0.25) is 0 Å². The van der Waals surface area contributed by atoms with Crippen molar-refractivity contribution in [2.24, 2.45) is 0 Å². The van der Waals surface area contributed by atoms with Crippen LogP contribution in [-0.2, 0) is 4.74 Å². The van der Waals surface area contributed by atoms with Crippen molar-refractivity contribution in [1.82, 2.24) is 4.90 Å². The molecule has 0 unspecified atom stereocenters. The quantitative estimate of drug-likeness (QED) is 0.812. The Labute approximate surface area is 121 Å². The number of benzene rings is 1. The number of ether oxygens (including phenoxy) is 1. The average molecular weight is 275 g/mol. The van der Waals surface area contributed by atoms with Crippen LogP contribution in [0, 0.1) is 0 Å². The van der Waals surface area contributed by atoms with Crippen molar-refractivity contribution in [2.75, 3.05) is 37.8 Å². The zero-order valence-electron chi connectivity index (χ0n) is 12.1. The van der Waals surface area contributed by atoms with Crippen LogP contribution in [0.4, 0.5) is 11.4 Å². The van der Waals surface area contributed by atoms with Crippen molar-refractivity contribution in [2.45, 2.75) is 37.6 Å². The number of nitrogens with two attached hydrogens (primary N) is 2. The van der Waals surface area contributed by atoms with Gasteiger partial charge < -0.3 is 21.1 Å². The lowest BCUT2D eigenvalue weighted by Gasteiger charge is -2.39. The molecule has 0 aliphatic carbocycles. The third-order valence-corrected chi connectivity index (χ3v) is 4.82. The maximum absolute atomic E-state index is 6.12. The predicted octanol–water partition coefficient (Wildman–Crippen LogP) is 2.21. The van der Waals surface area contributed by atoms with Gasteiger partial charge in [0, 0.05) is 36.2 Å². The van der Waals surface area contributed by atoms with Crippen LogP contribution in [0.5, 0.6) is 0 Å². The van der Waals surface area contributed by atoms with Gasteiger partial charge >= 0.3 is 0 Å². The maximum atomic E-state index is 6.12. The van der Waals surface area contributed by atoms with Crippen molar-refractivity contribution in [3.63, 3.8) is 0 Å². The molecule has 2 aliphatic heterocycles. The molecular formula is C16H25N3O. The first-order valence-corrected chi connectivity index (χ1v) is 7.71. The molecule has 0 atom stereocenters. The molecule has 2 fully saturated rings. The van der Waals surface area contributed by atoms with Crippen LogP contribution < -0.4 is 11.5 Å². The fraction of sp³-hybridized carbons (Fsp3) is 0.625. The van der Waals surface area contributed by atoms with Crippen LogP contribution in [-0.4, -0.2) is 37.2 Å². The summed E-state index contributed by atoms with van der Waals surface area (Å²) in [4.78, 5) is 2.63. The number of piperidine rings is 1. The number of nitrogens with zero attached hydrogens (tertiary/aromatic N) is 1. The molecule has 0 saturated carbocycles. The highest BCUT2D eigenvalue weighted by Gasteiger charge is 2.28. The molecule has 0 bridgehead atoms. The van der Waals surface area contributed by atoms with Gasteiger partial charge in [0.1, 0.15) is 0 Å². The van der Waals surface area contributed by atoms with Gasteiger partial charge in [-0.1, -0.05) is 6.07 Å². The maximum Gasteiger partial charge on any atom is 0.0480 e. The van der Waals surface area contributed by atoms with Crippen molar-refractivity contribution in [3.05, 3.63) is 23.8 Å². The monoisotopic (exact) mass is 275 g/mol. The fourth-order valence-corrected chi connectivity index (χ4v) is 3.68. The summed E-state index contributed by atoms with van der Waals surface area (Å²) in [6.45, 7) is 4.15. The summed E-state index contributed by atoms with van der Waals surface area (Å²) in [5.41, 5.74) is 15.1. The number of anilines is 2. The summed E-state index contributed by atoms with van der Waals surface area (Å²) in [5.74, 6) is 0.521. The summed E-state index contributed by atoms with van der Waals surface area (Å²) in [6.07, 6.45) is 4.69. The highest BCUT2D eigenvalue weighted by molar-refractivity contribution is 5.62. The van der Waals surface area contributed by atoms with Crippen LogP contribution in [0.3, 0.4) is 0 Å². The molecule has 4 nitrogen and oxygen atoms in total. The van der Waals surface area contributed by atoms with E-state index in [4.69, 9.17) is 16.2 Å². The molecule has 1 aromatic rings. The highest BCUT2D eigenvalue weighted by Crippen LogP contribution is 2.36. The number of nitrogen functional groups attached to an aromatic ring is 2. The fourth-order valence-electron chi connectivity index (χ4n) is 3.68. The van der Waals surface area contributed by atoms with E-state index in [1.165, 1.54) is 18.4 Å². The van der Waals surface area contributed by atoms with Crippen LogP contribution in [0.15, 0.2) is 18.2 Å². The lowest BCUT2D eigenvalue weighted by molar-refractivity contribution is 0.0252. The SMILES string of the molecule is Nc1cccc(N)c1C1CCN(C2CCOCC2)CC1. The van der Waals surface area contributed by atoms with E-state index in [-0.39, 0.29) is 0 Å². The first kappa shape index (κ1) is 13.7. The molecule has 2 heterocycles. The second kappa shape index (κ2) is 6.02. The Morgan fingerprint density at radius 2 is 1.55 bits per heavy atom. The molecular weight excluding hydrogens is 250 g/mol. The molecule has 0 aromatic heterocycles. The van der Waals surface area contributed by atoms with Crippen LogP contribution >= 0.6 is 0 Å². The molecule has 20 heavy (non-hydrogen) atoms. The molecule has 2 saturated heterocycles. The van der Waals surface area contributed by atoms with E-state index in [1.807, 2.05) is 18.2 Å². The van der Waals surface area contributed by atoms with Gasteiger partial charge in [-0.25, -0.2) is 0 Å². The third kappa shape index (κ3) is 2.76.